The van der Waals surface area contributed by atoms with E-state index >= 15 is 0 Å². The minimum atomic E-state index is -3.43. The van der Waals surface area contributed by atoms with Crippen molar-refractivity contribution in [3.63, 3.8) is 0 Å². The third-order valence-corrected chi connectivity index (χ3v) is 5.94. The summed E-state index contributed by atoms with van der Waals surface area (Å²) >= 11 is 0. The quantitative estimate of drug-likeness (QED) is 0.521. The van der Waals surface area contributed by atoms with Crippen molar-refractivity contribution in [2.45, 2.75) is 24.8 Å². The molecule has 8 heteroatoms. The van der Waals surface area contributed by atoms with E-state index in [-0.39, 0.29) is 10.7 Å². The van der Waals surface area contributed by atoms with Crippen molar-refractivity contribution in [2.24, 2.45) is 4.99 Å². The lowest BCUT2D eigenvalue weighted by Gasteiger charge is -2.12. The van der Waals surface area contributed by atoms with E-state index in [9.17, 15) is 12.8 Å². The standard InChI is InChI=1S/C20H27FN4O2S/c1-4-22-20(23-14-13-17-7-5-6-8-19(17)21)24-15-16-9-11-18(12-10-16)28(26,27)25(2)3/h5-12H,4,13-15H2,1-3H3,(H2,22,23,24). The summed E-state index contributed by atoms with van der Waals surface area (Å²) in [5, 5.41) is 6.33. The number of benzene rings is 2. The molecule has 0 heterocycles. The molecule has 2 aromatic carbocycles. The molecule has 152 valence electrons. The molecule has 0 aliphatic rings. The topological polar surface area (TPSA) is 73.8 Å². The first kappa shape index (κ1) is 21.8. The van der Waals surface area contributed by atoms with E-state index in [2.05, 4.69) is 15.6 Å². The Bertz CT molecular complexity index is 897. The molecule has 0 unspecified atom stereocenters. The first-order chi connectivity index (χ1) is 13.3. The summed E-state index contributed by atoms with van der Waals surface area (Å²) < 4.78 is 39.1. The van der Waals surface area contributed by atoms with E-state index < -0.39 is 10.0 Å². The van der Waals surface area contributed by atoms with Crippen LogP contribution in [0.15, 0.2) is 58.4 Å². The average molecular weight is 407 g/mol. The lowest BCUT2D eigenvalue weighted by Crippen LogP contribution is -2.38. The van der Waals surface area contributed by atoms with Crippen LogP contribution in [0.5, 0.6) is 0 Å². The van der Waals surface area contributed by atoms with Gasteiger partial charge in [0.25, 0.3) is 0 Å². The highest BCUT2D eigenvalue weighted by atomic mass is 32.2. The highest BCUT2D eigenvalue weighted by Crippen LogP contribution is 2.14. The molecule has 0 aromatic heterocycles. The molecule has 0 aliphatic carbocycles. The number of hydrogen-bond donors (Lipinski definition) is 2. The summed E-state index contributed by atoms with van der Waals surface area (Å²) in [6, 6.07) is 13.4. The molecule has 0 amide bonds. The maximum absolute atomic E-state index is 13.7. The van der Waals surface area contributed by atoms with Gasteiger partial charge in [0.1, 0.15) is 5.82 Å². The van der Waals surface area contributed by atoms with Crippen molar-refractivity contribution in [3.05, 3.63) is 65.5 Å². The zero-order valence-corrected chi connectivity index (χ0v) is 17.3. The van der Waals surface area contributed by atoms with Gasteiger partial charge >= 0.3 is 0 Å². The van der Waals surface area contributed by atoms with Crippen molar-refractivity contribution >= 4 is 16.0 Å². The van der Waals surface area contributed by atoms with Gasteiger partial charge in [-0.15, -0.1) is 0 Å². The molecule has 0 radical (unpaired) electrons. The van der Waals surface area contributed by atoms with Gasteiger partial charge in [-0.1, -0.05) is 30.3 Å². The van der Waals surface area contributed by atoms with Gasteiger partial charge in [0.15, 0.2) is 5.96 Å². The van der Waals surface area contributed by atoms with Crippen LogP contribution < -0.4 is 10.6 Å². The molecule has 28 heavy (non-hydrogen) atoms. The predicted octanol–water partition coefficient (Wildman–Crippen LogP) is 2.37. The Morgan fingerprint density at radius 3 is 2.36 bits per heavy atom. The number of hydrogen-bond acceptors (Lipinski definition) is 3. The first-order valence-corrected chi connectivity index (χ1v) is 10.6. The van der Waals surface area contributed by atoms with E-state index in [0.717, 1.165) is 5.56 Å². The smallest absolute Gasteiger partial charge is 0.242 e. The van der Waals surface area contributed by atoms with Gasteiger partial charge in [-0.2, -0.15) is 0 Å². The van der Waals surface area contributed by atoms with Crippen LogP contribution in [0.1, 0.15) is 18.1 Å². The summed E-state index contributed by atoms with van der Waals surface area (Å²) in [7, 11) is -0.427. The van der Waals surface area contributed by atoms with E-state index in [1.54, 1.807) is 36.4 Å². The number of aliphatic imine (C=N–C) groups is 1. The van der Waals surface area contributed by atoms with Gasteiger partial charge in [-0.3, -0.25) is 0 Å². The van der Waals surface area contributed by atoms with E-state index in [0.29, 0.717) is 37.6 Å². The largest absolute Gasteiger partial charge is 0.357 e. The summed E-state index contributed by atoms with van der Waals surface area (Å²) in [5.41, 5.74) is 1.55. The summed E-state index contributed by atoms with van der Waals surface area (Å²) in [6.07, 6.45) is 0.550. The molecule has 0 saturated carbocycles. The second-order valence-electron chi connectivity index (χ2n) is 6.39. The molecule has 2 N–H and O–H groups in total. The van der Waals surface area contributed by atoms with Gasteiger partial charge < -0.3 is 10.6 Å². The number of rotatable bonds is 8. The normalized spacial score (nSPS) is 12.2. The third-order valence-electron chi connectivity index (χ3n) is 4.11. The zero-order valence-electron chi connectivity index (χ0n) is 16.4. The third kappa shape index (κ3) is 6.03. The monoisotopic (exact) mass is 406 g/mol. The maximum atomic E-state index is 13.7. The van der Waals surface area contributed by atoms with Gasteiger partial charge in [0.2, 0.25) is 10.0 Å². The molecule has 2 rings (SSSR count). The molecule has 6 nitrogen and oxygen atoms in total. The van der Waals surface area contributed by atoms with Crippen molar-refractivity contribution in [1.29, 1.82) is 0 Å². The Morgan fingerprint density at radius 2 is 1.75 bits per heavy atom. The zero-order chi connectivity index (χ0) is 20.6. The van der Waals surface area contributed by atoms with Crippen LogP contribution in [-0.2, 0) is 23.0 Å². The van der Waals surface area contributed by atoms with Crippen LogP contribution in [0.2, 0.25) is 0 Å². The number of halogens is 1. The average Bonchev–Trinajstić information content (AvgIpc) is 2.67. The molecule has 0 spiro atoms. The first-order valence-electron chi connectivity index (χ1n) is 9.11. The number of nitrogens with zero attached hydrogens (tertiary/aromatic N) is 2. The molecule has 0 atom stereocenters. The van der Waals surface area contributed by atoms with Gasteiger partial charge in [0, 0.05) is 27.2 Å². The fraction of sp³-hybridized carbons (Fsp3) is 0.350. The Morgan fingerprint density at radius 1 is 1.07 bits per heavy atom. The molecular weight excluding hydrogens is 379 g/mol. The molecule has 0 fully saturated rings. The predicted molar refractivity (Wildman–Crippen MR) is 110 cm³/mol. The van der Waals surface area contributed by atoms with Crippen molar-refractivity contribution < 1.29 is 12.8 Å². The van der Waals surface area contributed by atoms with E-state index in [4.69, 9.17) is 0 Å². The van der Waals surface area contributed by atoms with E-state index in [1.165, 1.54) is 24.5 Å². The molecule has 2 aromatic rings. The Labute approximate surface area is 166 Å². The van der Waals surface area contributed by atoms with Crippen LogP contribution in [0.25, 0.3) is 0 Å². The summed E-state index contributed by atoms with van der Waals surface area (Å²) in [4.78, 5) is 4.76. The lowest BCUT2D eigenvalue weighted by atomic mass is 10.1. The molecule has 0 bridgehead atoms. The minimum Gasteiger partial charge on any atom is -0.357 e. The van der Waals surface area contributed by atoms with Gasteiger partial charge in [0.05, 0.1) is 11.4 Å². The van der Waals surface area contributed by atoms with Crippen molar-refractivity contribution in [3.8, 4) is 0 Å². The lowest BCUT2D eigenvalue weighted by molar-refractivity contribution is 0.520. The van der Waals surface area contributed by atoms with E-state index in [1.807, 2.05) is 13.0 Å². The fourth-order valence-corrected chi connectivity index (χ4v) is 3.41. The number of guanidine groups is 1. The Hall–Kier alpha value is -2.45. The Kier molecular flexibility index (Phi) is 7.95. The second-order valence-corrected chi connectivity index (χ2v) is 8.55. The van der Waals surface area contributed by atoms with Gasteiger partial charge in [-0.25, -0.2) is 22.1 Å². The minimum absolute atomic E-state index is 0.209. The molecule has 0 aliphatic heterocycles. The number of nitrogens with one attached hydrogen (secondary N) is 2. The summed E-state index contributed by atoms with van der Waals surface area (Å²) in [6.45, 7) is 3.62. The van der Waals surface area contributed by atoms with Crippen LogP contribution in [-0.4, -0.2) is 45.9 Å². The molecular formula is C20H27FN4O2S. The fourth-order valence-electron chi connectivity index (χ4n) is 2.51. The maximum Gasteiger partial charge on any atom is 0.242 e. The molecule has 0 saturated heterocycles. The van der Waals surface area contributed by atoms with Crippen molar-refractivity contribution in [2.75, 3.05) is 27.2 Å². The van der Waals surface area contributed by atoms with Crippen LogP contribution in [0, 0.1) is 5.82 Å². The second kappa shape index (κ2) is 10.2. The highest BCUT2D eigenvalue weighted by molar-refractivity contribution is 7.89. The van der Waals surface area contributed by atoms with Crippen LogP contribution >= 0.6 is 0 Å². The Balaban J connectivity index is 1.97. The highest BCUT2D eigenvalue weighted by Gasteiger charge is 2.16. The SMILES string of the molecule is CCNC(=NCc1ccc(S(=O)(=O)N(C)C)cc1)NCCc1ccccc1F. The van der Waals surface area contributed by atoms with Crippen LogP contribution in [0.4, 0.5) is 4.39 Å². The van der Waals surface area contributed by atoms with Gasteiger partial charge in [-0.05, 0) is 42.7 Å². The number of sulfonamides is 1. The van der Waals surface area contributed by atoms with Crippen LogP contribution in [0.3, 0.4) is 0 Å². The van der Waals surface area contributed by atoms with Crippen molar-refractivity contribution in [1.82, 2.24) is 14.9 Å². The summed E-state index contributed by atoms with van der Waals surface area (Å²) in [5.74, 6) is 0.419.